The molecule has 0 fully saturated rings. The quantitative estimate of drug-likeness (QED) is 0.329. The van der Waals surface area contributed by atoms with Crippen LogP contribution in [0.4, 0.5) is 0 Å². The molecule has 0 saturated carbocycles. The zero-order chi connectivity index (χ0) is 20.4. The number of thioether (sulfide) groups is 1. The van der Waals surface area contributed by atoms with Crippen molar-refractivity contribution in [3.05, 3.63) is 81.0 Å². The lowest BCUT2D eigenvalue weighted by atomic mass is 10.1. The second kappa shape index (κ2) is 8.13. The van der Waals surface area contributed by atoms with Crippen molar-refractivity contribution in [2.75, 3.05) is 0 Å². The summed E-state index contributed by atoms with van der Waals surface area (Å²) in [6, 6.07) is 13.4. The zero-order valence-corrected chi connectivity index (χ0v) is 17.2. The molecule has 2 heterocycles. The maximum Gasteiger partial charge on any atom is 0.336 e. The first-order valence-corrected chi connectivity index (χ1v) is 10.1. The van der Waals surface area contributed by atoms with E-state index < -0.39 is 0 Å². The number of rotatable bonds is 6. The van der Waals surface area contributed by atoms with Gasteiger partial charge in [-0.2, -0.15) is 0 Å². The highest BCUT2D eigenvalue weighted by molar-refractivity contribution is 7.98. The third-order valence-corrected chi connectivity index (χ3v) is 5.35. The number of benzene rings is 2. The van der Waals surface area contributed by atoms with Crippen LogP contribution in [0.5, 0.6) is 5.75 Å². The van der Waals surface area contributed by atoms with Crippen molar-refractivity contribution in [3.8, 4) is 5.75 Å². The molecular formula is C22H20N2O4S. The molecule has 0 saturated heterocycles. The fourth-order valence-corrected chi connectivity index (χ4v) is 3.72. The first-order chi connectivity index (χ1) is 14.0. The van der Waals surface area contributed by atoms with E-state index in [2.05, 4.69) is 10.2 Å². The highest BCUT2D eigenvalue weighted by atomic mass is 32.2. The molecule has 0 aliphatic rings. The van der Waals surface area contributed by atoms with Crippen molar-refractivity contribution in [1.82, 2.24) is 10.2 Å². The van der Waals surface area contributed by atoms with E-state index in [1.165, 1.54) is 17.8 Å². The molecule has 4 aromatic rings. The van der Waals surface area contributed by atoms with E-state index in [4.69, 9.17) is 13.6 Å². The van der Waals surface area contributed by atoms with Gasteiger partial charge in [-0.1, -0.05) is 36.0 Å². The molecule has 0 aliphatic heterocycles. The van der Waals surface area contributed by atoms with Gasteiger partial charge in [0.1, 0.15) is 11.3 Å². The summed E-state index contributed by atoms with van der Waals surface area (Å²) in [5.74, 6) is 1.72. The van der Waals surface area contributed by atoms with E-state index in [1.54, 1.807) is 0 Å². The normalized spacial score (nSPS) is 11.1. The largest absolute Gasteiger partial charge is 0.484 e. The standard InChI is InChI=1S/C22H20N2O4S/c1-13-4-6-15(3)18(8-13)26-11-20-23-24-22(28-20)29-12-16-10-21(25)27-19-9-14(2)5-7-17(16)19/h4-10H,11-12H2,1-3H3. The average Bonchev–Trinajstić information content (AvgIpc) is 3.14. The van der Waals surface area contributed by atoms with E-state index in [9.17, 15) is 4.79 Å². The topological polar surface area (TPSA) is 78.4 Å². The molecule has 29 heavy (non-hydrogen) atoms. The molecule has 0 bridgehead atoms. The molecule has 0 spiro atoms. The summed E-state index contributed by atoms with van der Waals surface area (Å²) in [5, 5.41) is 9.44. The molecule has 2 aromatic carbocycles. The summed E-state index contributed by atoms with van der Waals surface area (Å²) in [7, 11) is 0. The Hall–Kier alpha value is -3.06. The van der Waals surface area contributed by atoms with Gasteiger partial charge in [-0.05, 0) is 55.2 Å². The fourth-order valence-electron chi connectivity index (χ4n) is 2.95. The predicted octanol–water partition coefficient (Wildman–Crippen LogP) is 4.97. The van der Waals surface area contributed by atoms with Crippen molar-refractivity contribution in [2.45, 2.75) is 38.4 Å². The van der Waals surface area contributed by atoms with E-state index in [0.29, 0.717) is 22.4 Å². The van der Waals surface area contributed by atoms with E-state index >= 15 is 0 Å². The smallest absolute Gasteiger partial charge is 0.336 e. The SMILES string of the molecule is Cc1ccc(C)c(OCc2nnc(SCc3cc(=O)oc4cc(C)ccc34)o2)c1. The van der Waals surface area contributed by atoms with Crippen molar-refractivity contribution < 1.29 is 13.6 Å². The van der Waals surface area contributed by atoms with Crippen LogP contribution in [0.25, 0.3) is 11.0 Å². The average molecular weight is 408 g/mol. The van der Waals surface area contributed by atoms with Gasteiger partial charge in [-0.3, -0.25) is 0 Å². The van der Waals surface area contributed by atoms with Crippen molar-refractivity contribution >= 4 is 22.7 Å². The highest BCUT2D eigenvalue weighted by Gasteiger charge is 2.11. The minimum Gasteiger partial charge on any atom is -0.484 e. The molecule has 0 unspecified atom stereocenters. The maximum absolute atomic E-state index is 11.9. The predicted molar refractivity (Wildman–Crippen MR) is 111 cm³/mol. The van der Waals surface area contributed by atoms with Crippen LogP contribution in [-0.2, 0) is 12.4 Å². The Balaban J connectivity index is 1.44. The molecule has 0 amide bonds. The number of aryl methyl sites for hydroxylation is 3. The molecule has 4 rings (SSSR count). The molecule has 0 radical (unpaired) electrons. The van der Waals surface area contributed by atoms with Gasteiger partial charge in [0.2, 0.25) is 0 Å². The molecule has 148 valence electrons. The van der Waals surface area contributed by atoms with Crippen LogP contribution in [0.2, 0.25) is 0 Å². The molecule has 0 aliphatic carbocycles. The molecular weight excluding hydrogens is 388 g/mol. The third-order valence-electron chi connectivity index (χ3n) is 4.48. The lowest BCUT2D eigenvalue weighted by molar-refractivity contribution is 0.250. The summed E-state index contributed by atoms with van der Waals surface area (Å²) < 4.78 is 16.8. The number of hydrogen-bond donors (Lipinski definition) is 0. The molecule has 2 aromatic heterocycles. The summed E-state index contributed by atoms with van der Waals surface area (Å²) in [6.07, 6.45) is 0. The zero-order valence-electron chi connectivity index (χ0n) is 16.4. The van der Waals surface area contributed by atoms with E-state index in [0.717, 1.165) is 33.4 Å². The van der Waals surface area contributed by atoms with Crippen LogP contribution >= 0.6 is 11.8 Å². The van der Waals surface area contributed by atoms with Crippen molar-refractivity contribution in [2.24, 2.45) is 0 Å². The molecule has 7 heteroatoms. The minimum atomic E-state index is -0.369. The van der Waals surface area contributed by atoms with Crippen LogP contribution in [0.1, 0.15) is 28.1 Å². The Morgan fingerprint density at radius 3 is 2.62 bits per heavy atom. The lowest BCUT2D eigenvalue weighted by Gasteiger charge is -2.07. The second-order valence-corrected chi connectivity index (χ2v) is 7.82. The lowest BCUT2D eigenvalue weighted by Crippen LogP contribution is -2.00. The van der Waals surface area contributed by atoms with Crippen LogP contribution in [0, 0.1) is 20.8 Å². The molecule has 0 atom stereocenters. The number of ether oxygens (including phenoxy) is 1. The van der Waals surface area contributed by atoms with Gasteiger partial charge < -0.3 is 13.6 Å². The minimum absolute atomic E-state index is 0.203. The summed E-state index contributed by atoms with van der Waals surface area (Å²) in [4.78, 5) is 11.9. The van der Waals surface area contributed by atoms with Crippen LogP contribution in [0.3, 0.4) is 0 Å². The van der Waals surface area contributed by atoms with Gasteiger partial charge in [-0.15, -0.1) is 10.2 Å². The van der Waals surface area contributed by atoms with Gasteiger partial charge in [0.15, 0.2) is 6.61 Å². The third kappa shape index (κ3) is 4.51. The van der Waals surface area contributed by atoms with Gasteiger partial charge in [0.25, 0.3) is 11.1 Å². The van der Waals surface area contributed by atoms with Gasteiger partial charge >= 0.3 is 5.63 Å². The fraction of sp³-hybridized carbons (Fsp3) is 0.227. The Bertz CT molecular complexity index is 1230. The second-order valence-electron chi connectivity index (χ2n) is 6.90. The Labute approximate surface area is 171 Å². The van der Waals surface area contributed by atoms with Crippen molar-refractivity contribution in [1.29, 1.82) is 0 Å². The van der Waals surface area contributed by atoms with Crippen LogP contribution in [-0.4, -0.2) is 10.2 Å². The Morgan fingerprint density at radius 2 is 1.76 bits per heavy atom. The molecule has 6 nitrogen and oxygen atoms in total. The first kappa shape index (κ1) is 19.3. The van der Waals surface area contributed by atoms with Crippen LogP contribution in [0.15, 0.2) is 61.3 Å². The summed E-state index contributed by atoms with van der Waals surface area (Å²) >= 11 is 1.37. The number of aromatic nitrogens is 2. The Morgan fingerprint density at radius 1 is 0.966 bits per heavy atom. The number of fused-ring (bicyclic) bond motifs is 1. The summed E-state index contributed by atoms with van der Waals surface area (Å²) in [6.45, 7) is 6.17. The highest BCUT2D eigenvalue weighted by Crippen LogP contribution is 2.27. The number of nitrogens with zero attached hydrogens (tertiary/aromatic N) is 2. The maximum atomic E-state index is 11.9. The van der Waals surface area contributed by atoms with Gasteiger partial charge in [0.05, 0.1) is 0 Å². The number of hydrogen-bond acceptors (Lipinski definition) is 7. The van der Waals surface area contributed by atoms with Crippen molar-refractivity contribution in [3.63, 3.8) is 0 Å². The Kier molecular flexibility index (Phi) is 5.40. The monoisotopic (exact) mass is 408 g/mol. The van der Waals surface area contributed by atoms with E-state index in [1.807, 2.05) is 57.2 Å². The summed E-state index contributed by atoms with van der Waals surface area (Å²) in [5.41, 5.74) is 4.30. The van der Waals surface area contributed by atoms with Gasteiger partial charge in [0, 0.05) is 17.2 Å². The van der Waals surface area contributed by atoms with Gasteiger partial charge in [-0.25, -0.2) is 4.79 Å². The van der Waals surface area contributed by atoms with E-state index in [-0.39, 0.29) is 12.2 Å². The first-order valence-electron chi connectivity index (χ1n) is 9.16. The molecule has 0 N–H and O–H groups in total. The van der Waals surface area contributed by atoms with Crippen LogP contribution < -0.4 is 10.4 Å².